The van der Waals surface area contributed by atoms with Gasteiger partial charge >= 0.3 is 18.2 Å². The molecule has 0 radical (unpaired) electrons. The number of anilines is 1. The Morgan fingerprint density at radius 2 is 1.78 bits per heavy atom. The minimum Gasteiger partial charge on any atom is -0.484 e. The number of amides is 1. The van der Waals surface area contributed by atoms with E-state index in [2.05, 4.69) is 15.1 Å². The number of fused-ring (bicyclic) bond motifs is 1. The number of rotatable bonds is 7. The average molecular weight is 568 g/mol. The third-order valence-electron chi connectivity index (χ3n) is 6.70. The lowest BCUT2D eigenvalue weighted by molar-refractivity contribution is -0.142. The van der Waals surface area contributed by atoms with Crippen molar-refractivity contribution in [2.24, 2.45) is 0 Å². The lowest BCUT2D eigenvalue weighted by atomic mass is 9.92. The van der Waals surface area contributed by atoms with Crippen LogP contribution in [0.3, 0.4) is 0 Å². The quantitative estimate of drug-likeness (QED) is 0.327. The van der Waals surface area contributed by atoms with Crippen molar-refractivity contribution in [1.82, 2.24) is 19.7 Å². The van der Waals surface area contributed by atoms with E-state index in [4.69, 9.17) is 14.6 Å². The lowest BCUT2D eigenvalue weighted by Gasteiger charge is -2.26. The number of benzene rings is 2. The Bertz CT molecular complexity index is 1590. The first-order valence-electron chi connectivity index (χ1n) is 12.5. The van der Waals surface area contributed by atoms with Crippen LogP contribution in [-0.4, -0.2) is 50.9 Å². The summed E-state index contributed by atoms with van der Waals surface area (Å²) in [6, 6.07) is 11.9. The van der Waals surface area contributed by atoms with Gasteiger partial charge in [-0.25, -0.2) is 19.4 Å². The molecule has 0 saturated heterocycles. The van der Waals surface area contributed by atoms with Gasteiger partial charge in [-0.1, -0.05) is 6.07 Å². The van der Waals surface area contributed by atoms with Gasteiger partial charge in [0.2, 0.25) is 0 Å². The Hall–Kier alpha value is -4.94. The third kappa shape index (κ3) is 5.55. The number of nitrogens with zero attached hydrogens (tertiary/aromatic N) is 5. The smallest absolute Gasteiger partial charge is 0.435 e. The number of carboxylic acid groups (broad SMARTS) is 1. The molecule has 41 heavy (non-hydrogen) atoms. The van der Waals surface area contributed by atoms with Gasteiger partial charge in [-0.2, -0.15) is 18.3 Å². The number of halogens is 3. The predicted octanol–water partition coefficient (Wildman–Crippen LogP) is 5.12. The Morgan fingerprint density at radius 1 is 1.07 bits per heavy atom. The van der Waals surface area contributed by atoms with Gasteiger partial charge in [0.25, 0.3) is 5.91 Å². The monoisotopic (exact) mass is 567 g/mol. The second-order valence-electron chi connectivity index (χ2n) is 9.29. The van der Waals surface area contributed by atoms with Crippen LogP contribution in [0.1, 0.15) is 56.6 Å². The van der Waals surface area contributed by atoms with Crippen LogP contribution < -0.4 is 14.4 Å². The molecule has 4 aromatic rings. The van der Waals surface area contributed by atoms with Crippen molar-refractivity contribution in [3.8, 4) is 17.4 Å². The molecule has 0 bridgehead atoms. The van der Waals surface area contributed by atoms with Crippen LogP contribution in [0, 0.1) is 0 Å². The second kappa shape index (κ2) is 10.9. The van der Waals surface area contributed by atoms with E-state index in [1.807, 2.05) is 0 Å². The fourth-order valence-corrected chi connectivity index (χ4v) is 4.69. The molecule has 0 saturated carbocycles. The molecule has 1 aliphatic carbocycles. The summed E-state index contributed by atoms with van der Waals surface area (Å²) in [5.74, 6) is -1.24. The van der Waals surface area contributed by atoms with Crippen molar-refractivity contribution in [1.29, 1.82) is 0 Å². The summed E-state index contributed by atoms with van der Waals surface area (Å²) >= 11 is 0. The number of alkyl halides is 3. The highest BCUT2D eigenvalue weighted by atomic mass is 19.4. The summed E-state index contributed by atoms with van der Waals surface area (Å²) in [6.07, 6.45) is -1.67. The Balaban J connectivity index is 1.52. The summed E-state index contributed by atoms with van der Waals surface area (Å²) in [5, 5.41) is 13.1. The van der Waals surface area contributed by atoms with Gasteiger partial charge in [-0.15, -0.1) is 0 Å². The van der Waals surface area contributed by atoms with Crippen LogP contribution in [-0.2, 0) is 12.6 Å². The normalized spacial score (nSPS) is 14.7. The van der Waals surface area contributed by atoms with Crippen molar-refractivity contribution in [2.45, 2.75) is 31.5 Å². The standard InChI is InChI=1S/C28H24F3N5O5/c1-35(19-14-32-27(40-2)33-15-19)25(37)17-5-3-6-18(13-17)36-23-21(24(34-36)28(29,30)31)7-4-8-22(23)41-20-11-9-16(10-12-20)26(38)39/h3,5-6,9-15,22H,4,7-8H2,1-2H3,(H,38,39). The summed E-state index contributed by atoms with van der Waals surface area (Å²) in [6.45, 7) is 0. The zero-order chi connectivity index (χ0) is 29.3. The first-order valence-corrected chi connectivity index (χ1v) is 12.5. The van der Waals surface area contributed by atoms with E-state index in [1.54, 1.807) is 18.2 Å². The summed E-state index contributed by atoms with van der Waals surface area (Å²) in [5.41, 5.74) is 0.145. The molecule has 212 valence electrons. The summed E-state index contributed by atoms with van der Waals surface area (Å²) in [4.78, 5) is 33.8. The number of hydrogen-bond acceptors (Lipinski definition) is 7. The maximum Gasteiger partial charge on any atom is 0.435 e. The maximum absolute atomic E-state index is 14.1. The van der Waals surface area contributed by atoms with Crippen molar-refractivity contribution >= 4 is 17.6 Å². The van der Waals surface area contributed by atoms with E-state index in [9.17, 15) is 22.8 Å². The first-order chi connectivity index (χ1) is 19.6. The minimum absolute atomic E-state index is 0.0279. The van der Waals surface area contributed by atoms with Crippen molar-refractivity contribution < 1.29 is 37.3 Å². The summed E-state index contributed by atoms with van der Waals surface area (Å²) < 4.78 is 54.4. The third-order valence-corrected chi connectivity index (χ3v) is 6.70. The SMILES string of the molecule is COc1ncc(N(C)C(=O)c2cccc(-n3nc(C(F)(F)F)c4c3C(Oc3ccc(C(=O)O)cc3)CCC4)c2)cn1. The van der Waals surface area contributed by atoms with Gasteiger partial charge in [0, 0.05) is 18.2 Å². The van der Waals surface area contributed by atoms with E-state index in [0.717, 1.165) is 0 Å². The van der Waals surface area contributed by atoms with Gasteiger partial charge in [-0.05, 0) is 61.7 Å². The van der Waals surface area contributed by atoms with E-state index in [-0.39, 0.29) is 40.5 Å². The molecule has 1 atom stereocenters. The molecule has 10 nitrogen and oxygen atoms in total. The maximum atomic E-state index is 14.1. The van der Waals surface area contributed by atoms with Crippen LogP contribution in [0.15, 0.2) is 60.9 Å². The number of aromatic carboxylic acids is 1. The second-order valence-corrected chi connectivity index (χ2v) is 9.29. The molecule has 1 aliphatic rings. The van der Waals surface area contributed by atoms with Gasteiger partial charge in [0.05, 0.1) is 42.1 Å². The molecular formula is C28H24F3N5O5. The number of hydrogen-bond donors (Lipinski definition) is 1. The molecule has 5 rings (SSSR count). The van der Waals surface area contributed by atoms with Crippen molar-refractivity contribution in [3.63, 3.8) is 0 Å². The molecule has 13 heteroatoms. The molecule has 0 fully saturated rings. The van der Waals surface area contributed by atoms with Crippen LogP contribution in [0.4, 0.5) is 18.9 Å². The predicted molar refractivity (Wildman–Crippen MR) is 140 cm³/mol. The zero-order valence-corrected chi connectivity index (χ0v) is 21.9. The van der Waals surface area contributed by atoms with Crippen LogP contribution >= 0.6 is 0 Å². The molecule has 2 heterocycles. The fourth-order valence-electron chi connectivity index (χ4n) is 4.69. The highest BCUT2D eigenvalue weighted by molar-refractivity contribution is 6.05. The Morgan fingerprint density at radius 3 is 2.41 bits per heavy atom. The number of carbonyl (C=O) groups excluding carboxylic acids is 1. The fraction of sp³-hybridized carbons (Fsp3) is 0.250. The number of ether oxygens (including phenoxy) is 2. The number of aromatic nitrogens is 4. The topological polar surface area (TPSA) is 120 Å². The molecule has 0 spiro atoms. The molecule has 1 N–H and O–H groups in total. The van der Waals surface area contributed by atoms with E-state index < -0.39 is 29.9 Å². The number of methoxy groups -OCH3 is 1. The van der Waals surface area contributed by atoms with Crippen LogP contribution in [0.5, 0.6) is 11.8 Å². The van der Waals surface area contributed by atoms with Gasteiger partial charge < -0.3 is 19.5 Å². The van der Waals surface area contributed by atoms with Crippen molar-refractivity contribution in [3.05, 3.63) is 89.0 Å². The number of carbonyl (C=O) groups is 2. The largest absolute Gasteiger partial charge is 0.484 e. The lowest BCUT2D eigenvalue weighted by Crippen LogP contribution is -2.26. The van der Waals surface area contributed by atoms with Gasteiger partial charge in [-0.3, -0.25) is 4.79 Å². The first kappa shape index (κ1) is 27.6. The highest BCUT2D eigenvalue weighted by Gasteiger charge is 2.42. The van der Waals surface area contributed by atoms with E-state index in [0.29, 0.717) is 24.3 Å². The molecular weight excluding hydrogens is 543 g/mol. The van der Waals surface area contributed by atoms with Gasteiger partial charge in [0.15, 0.2) is 5.69 Å². The molecule has 0 aliphatic heterocycles. The zero-order valence-electron chi connectivity index (χ0n) is 21.9. The highest BCUT2D eigenvalue weighted by Crippen LogP contribution is 2.42. The molecule has 2 aromatic heterocycles. The Labute approximate surface area is 232 Å². The average Bonchev–Trinajstić information content (AvgIpc) is 3.38. The molecule has 1 unspecified atom stereocenters. The van der Waals surface area contributed by atoms with E-state index in [1.165, 1.54) is 66.5 Å². The van der Waals surface area contributed by atoms with Gasteiger partial charge in [0.1, 0.15) is 11.9 Å². The molecule has 1 amide bonds. The number of carboxylic acids is 1. The van der Waals surface area contributed by atoms with Crippen LogP contribution in [0.2, 0.25) is 0 Å². The van der Waals surface area contributed by atoms with Crippen molar-refractivity contribution in [2.75, 3.05) is 19.1 Å². The molecule has 2 aromatic carbocycles. The minimum atomic E-state index is -4.71. The van der Waals surface area contributed by atoms with E-state index >= 15 is 0 Å². The Kier molecular flexibility index (Phi) is 7.35. The van der Waals surface area contributed by atoms with Crippen LogP contribution in [0.25, 0.3) is 5.69 Å². The summed E-state index contributed by atoms with van der Waals surface area (Å²) in [7, 11) is 2.94.